The summed E-state index contributed by atoms with van der Waals surface area (Å²) in [5.41, 5.74) is 5.57. The second-order valence-corrected chi connectivity index (χ2v) is 3.23. The van der Waals surface area contributed by atoms with Gasteiger partial charge in [-0.25, -0.2) is 4.98 Å². The maximum absolute atomic E-state index is 5.57. The van der Waals surface area contributed by atoms with Crippen molar-refractivity contribution >= 4 is 11.8 Å². The molecule has 0 radical (unpaired) electrons. The standard InChI is InChI=1S/C6H12N4S/c1-4(7)6-8-5(3-11-2)9-10-6/h4H,3,7H2,1-2H3,(H,8,9,10). The molecule has 0 aliphatic carbocycles. The summed E-state index contributed by atoms with van der Waals surface area (Å²) < 4.78 is 0. The monoisotopic (exact) mass is 172 g/mol. The Bertz CT molecular complexity index is 220. The number of hydrogen-bond acceptors (Lipinski definition) is 4. The van der Waals surface area contributed by atoms with Crippen LogP contribution in [0.25, 0.3) is 0 Å². The van der Waals surface area contributed by atoms with Gasteiger partial charge in [0, 0.05) is 0 Å². The van der Waals surface area contributed by atoms with Gasteiger partial charge in [-0.15, -0.1) is 0 Å². The van der Waals surface area contributed by atoms with Crippen LogP contribution in [-0.4, -0.2) is 21.4 Å². The molecule has 11 heavy (non-hydrogen) atoms. The first kappa shape index (κ1) is 8.55. The van der Waals surface area contributed by atoms with Crippen LogP contribution in [0.3, 0.4) is 0 Å². The van der Waals surface area contributed by atoms with Crippen molar-refractivity contribution < 1.29 is 0 Å². The van der Waals surface area contributed by atoms with Crippen LogP contribution >= 0.6 is 11.8 Å². The lowest BCUT2D eigenvalue weighted by Crippen LogP contribution is -2.06. The van der Waals surface area contributed by atoms with Gasteiger partial charge in [0.2, 0.25) is 0 Å². The molecule has 1 unspecified atom stereocenters. The molecule has 0 spiro atoms. The molecule has 1 atom stereocenters. The summed E-state index contributed by atoms with van der Waals surface area (Å²) in [6, 6.07) is -0.0816. The Balaban J connectivity index is 2.66. The van der Waals surface area contributed by atoms with Gasteiger partial charge in [0.1, 0.15) is 5.82 Å². The topological polar surface area (TPSA) is 67.6 Å². The van der Waals surface area contributed by atoms with Crippen molar-refractivity contribution in [1.29, 1.82) is 0 Å². The van der Waals surface area contributed by atoms with E-state index in [2.05, 4.69) is 15.2 Å². The zero-order chi connectivity index (χ0) is 8.27. The Hall–Kier alpha value is -0.550. The summed E-state index contributed by atoms with van der Waals surface area (Å²) in [6.07, 6.45) is 2.02. The predicted molar refractivity (Wildman–Crippen MR) is 46.2 cm³/mol. The number of nitrogens with zero attached hydrogens (tertiary/aromatic N) is 2. The van der Waals surface area contributed by atoms with E-state index in [1.165, 1.54) is 0 Å². The molecule has 0 aliphatic rings. The number of hydrogen-bond donors (Lipinski definition) is 2. The number of thioether (sulfide) groups is 1. The van der Waals surface area contributed by atoms with Gasteiger partial charge in [-0.2, -0.15) is 16.9 Å². The van der Waals surface area contributed by atoms with E-state index >= 15 is 0 Å². The van der Waals surface area contributed by atoms with Gasteiger partial charge in [-0.3, -0.25) is 5.10 Å². The highest BCUT2D eigenvalue weighted by molar-refractivity contribution is 7.97. The minimum atomic E-state index is -0.0816. The quantitative estimate of drug-likeness (QED) is 0.703. The van der Waals surface area contributed by atoms with E-state index < -0.39 is 0 Å². The normalized spacial score (nSPS) is 13.4. The molecule has 0 bridgehead atoms. The fourth-order valence-corrected chi connectivity index (χ4v) is 1.12. The van der Waals surface area contributed by atoms with Gasteiger partial charge in [0.15, 0.2) is 5.82 Å². The fourth-order valence-electron chi connectivity index (χ4n) is 0.715. The van der Waals surface area contributed by atoms with Crippen molar-refractivity contribution in [3.63, 3.8) is 0 Å². The highest BCUT2D eigenvalue weighted by Crippen LogP contribution is 2.06. The second-order valence-electron chi connectivity index (χ2n) is 2.36. The number of nitrogens with one attached hydrogen (secondary N) is 1. The van der Waals surface area contributed by atoms with E-state index in [1.807, 2.05) is 13.2 Å². The van der Waals surface area contributed by atoms with E-state index in [0.717, 1.165) is 11.6 Å². The van der Waals surface area contributed by atoms with Crippen LogP contribution in [0, 0.1) is 0 Å². The molecule has 0 aliphatic heterocycles. The Kier molecular flexibility index (Phi) is 2.90. The predicted octanol–water partition coefficient (Wildman–Crippen LogP) is 0.687. The number of rotatable bonds is 3. The Morgan fingerprint density at radius 2 is 2.45 bits per heavy atom. The molecule has 0 aromatic carbocycles. The second kappa shape index (κ2) is 3.73. The van der Waals surface area contributed by atoms with Crippen LogP contribution in [0.5, 0.6) is 0 Å². The highest BCUT2D eigenvalue weighted by atomic mass is 32.2. The van der Waals surface area contributed by atoms with Crippen molar-refractivity contribution in [2.24, 2.45) is 5.73 Å². The molecule has 1 heterocycles. The van der Waals surface area contributed by atoms with Gasteiger partial charge in [0.05, 0.1) is 11.8 Å². The highest BCUT2D eigenvalue weighted by Gasteiger charge is 2.05. The largest absolute Gasteiger partial charge is 0.321 e. The van der Waals surface area contributed by atoms with Gasteiger partial charge in [-0.05, 0) is 13.2 Å². The van der Waals surface area contributed by atoms with E-state index in [0.29, 0.717) is 5.82 Å². The van der Waals surface area contributed by atoms with Crippen LogP contribution in [-0.2, 0) is 5.75 Å². The third kappa shape index (κ3) is 2.20. The minimum Gasteiger partial charge on any atom is -0.321 e. The number of aromatic nitrogens is 3. The summed E-state index contributed by atoms with van der Waals surface area (Å²) in [7, 11) is 0. The Morgan fingerprint density at radius 3 is 2.91 bits per heavy atom. The summed E-state index contributed by atoms with van der Waals surface area (Å²) in [5, 5.41) is 6.79. The third-order valence-electron chi connectivity index (χ3n) is 1.24. The van der Waals surface area contributed by atoms with Crippen molar-refractivity contribution in [3.8, 4) is 0 Å². The summed E-state index contributed by atoms with van der Waals surface area (Å²) in [5.74, 6) is 2.44. The van der Waals surface area contributed by atoms with Crippen molar-refractivity contribution in [1.82, 2.24) is 15.2 Å². The zero-order valence-corrected chi connectivity index (χ0v) is 7.48. The van der Waals surface area contributed by atoms with Crippen LogP contribution in [0.4, 0.5) is 0 Å². The summed E-state index contributed by atoms with van der Waals surface area (Å²) >= 11 is 1.71. The van der Waals surface area contributed by atoms with Gasteiger partial charge < -0.3 is 5.73 Å². The average Bonchev–Trinajstić information content (AvgIpc) is 2.37. The van der Waals surface area contributed by atoms with Crippen LogP contribution < -0.4 is 5.73 Å². The van der Waals surface area contributed by atoms with Crippen LogP contribution in [0.15, 0.2) is 0 Å². The first-order chi connectivity index (χ1) is 5.24. The van der Waals surface area contributed by atoms with Gasteiger partial charge in [-0.1, -0.05) is 0 Å². The van der Waals surface area contributed by atoms with E-state index in [9.17, 15) is 0 Å². The maximum Gasteiger partial charge on any atom is 0.167 e. The number of aromatic amines is 1. The minimum absolute atomic E-state index is 0.0816. The lowest BCUT2D eigenvalue weighted by Gasteiger charge is -1.94. The molecule has 0 fully saturated rings. The van der Waals surface area contributed by atoms with Gasteiger partial charge in [0.25, 0.3) is 0 Å². The molecule has 5 heteroatoms. The van der Waals surface area contributed by atoms with E-state index in [-0.39, 0.29) is 6.04 Å². The molecular weight excluding hydrogens is 160 g/mol. The summed E-state index contributed by atoms with van der Waals surface area (Å²) in [6.45, 7) is 1.87. The van der Waals surface area contributed by atoms with E-state index in [4.69, 9.17) is 5.73 Å². The molecule has 0 amide bonds. The van der Waals surface area contributed by atoms with E-state index in [1.54, 1.807) is 11.8 Å². The molecule has 4 nitrogen and oxygen atoms in total. The molecule has 3 N–H and O–H groups in total. The zero-order valence-electron chi connectivity index (χ0n) is 6.66. The lowest BCUT2D eigenvalue weighted by atomic mass is 10.3. The molecule has 0 saturated heterocycles. The van der Waals surface area contributed by atoms with Crippen LogP contribution in [0.2, 0.25) is 0 Å². The van der Waals surface area contributed by atoms with Crippen molar-refractivity contribution in [3.05, 3.63) is 11.6 Å². The first-order valence-electron chi connectivity index (χ1n) is 3.39. The molecule has 1 aromatic rings. The average molecular weight is 172 g/mol. The lowest BCUT2D eigenvalue weighted by molar-refractivity contribution is 0.745. The smallest absolute Gasteiger partial charge is 0.167 e. The molecule has 1 rings (SSSR count). The SMILES string of the molecule is CSCc1nc(C(C)N)n[nH]1. The first-order valence-corrected chi connectivity index (χ1v) is 4.79. The molecular formula is C6H12N4S. The van der Waals surface area contributed by atoms with Crippen molar-refractivity contribution in [2.45, 2.75) is 18.7 Å². The van der Waals surface area contributed by atoms with Crippen LogP contribution in [0.1, 0.15) is 24.6 Å². The molecule has 0 saturated carbocycles. The maximum atomic E-state index is 5.57. The summed E-state index contributed by atoms with van der Waals surface area (Å²) in [4.78, 5) is 4.19. The van der Waals surface area contributed by atoms with Crippen molar-refractivity contribution in [2.75, 3.05) is 6.26 Å². The fraction of sp³-hybridized carbons (Fsp3) is 0.667. The third-order valence-corrected chi connectivity index (χ3v) is 1.80. The Morgan fingerprint density at radius 1 is 1.73 bits per heavy atom. The Labute approximate surface area is 70.0 Å². The molecule has 62 valence electrons. The van der Waals surface area contributed by atoms with Gasteiger partial charge >= 0.3 is 0 Å². The molecule has 1 aromatic heterocycles. The number of H-pyrrole nitrogens is 1. The number of nitrogens with two attached hydrogens (primary N) is 1.